The van der Waals surface area contributed by atoms with Crippen LogP contribution in [0.5, 0.6) is 0 Å². The maximum absolute atomic E-state index is 10.4. The summed E-state index contributed by atoms with van der Waals surface area (Å²) in [5, 5.41) is 0. The van der Waals surface area contributed by atoms with Crippen LogP contribution in [0.25, 0.3) is 0 Å². The normalized spacial score (nSPS) is 8.43. The molecule has 0 aromatic heterocycles. The first-order valence-electron chi connectivity index (χ1n) is 0.752. The van der Waals surface area contributed by atoms with Crippen molar-refractivity contribution in [1.29, 1.82) is 0 Å². The summed E-state index contributed by atoms with van der Waals surface area (Å²) in [6.07, 6.45) is 0. The number of rotatable bonds is 0. The van der Waals surface area contributed by atoms with Crippen LogP contribution in [0.2, 0.25) is 0 Å². The topological polar surface area (TPSA) is 57.5 Å². The van der Waals surface area contributed by atoms with Gasteiger partial charge in [0, 0.05) is 16.5 Å². The SMILES string of the molecule is O=P(O)(O)F.[LiH].[Ni]. The van der Waals surface area contributed by atoms with E-state index in [0.29, 0.717) is 0 Å². The Morgan fingerprint density at radius 2 is 1.43 bits per heavy atom. The van der Waals surface area contributed by atoms with Gasteiger partial charge in [0.05, 0.1) is 0 Å². The number of halogens is 1. The predicted octanol–water partition coefficient (Wildman–Crippen LogP) is -0.602. The van der Waals surface area contributed by atoms with Gasteiger partial charge < -0.3 is 0 Å². The molecule has 7 heavy (non-hydrogen) atoms. The molecule has 0 aliphatic carbocycles. The molecule has 0 bridgehead atoms. The maximum atomic E-state index is 10.4. The van der Waals surface area contributed by atoms with Gasteiger partial charge in [-0.2, -0.15) is 0 Å². The van der Waals surface area contributed by atoms with Crippen molar-refractivity contribution in [2.75, 3.05) is 0 Å². The molecule has 0 atom stereocenters. The molecule has 0 saturated heterocycles. The van der Waals surface area contributed by atoms with Crippen LogP contribution >= 0.6 is 7.91 Å². The minimum absolute atomic E-state index is 0. The van der Waals surface area contributed by atoms with Gasteiger partial charge in [0.15, 0.2) is 0 Å². The summed E-state index contributed by atoms with van der Waals surface area (Å²) < 4.78 is 19.0. The van der Waals surface area contributed by atoms with Crippen LogP contribution < -0.4 is 0 Å². The average Bonchev–Trinajstić information content (AvgIpc) is 0.722. The second-order valence-corrected chi connectivity index (χ2v) is 1.42. The van der Waals surface area contributed by atoms with Gasteiger partial charge in [0.1, 0.15) is 0 Å². The Morgan fingerprint density at radius 1 is 1.43 bits per heavy atom. The molecule has 0 amide bonds. The second kappa shape index (κ2) is 5.31. The summed E-state index contributed by atoms with van der Waals surface area (Å²) in [5.41, 5.74) is 0. The van der Waals surface area contributed by atoms with Crippen molar-refractivity contribution in [3.05, 3.63) is 0 Å². The van der Waals surface area contributed by atoms with Crippen LogP contribution in [0, 0.1) is 0 Å². The quantitative estimate of drug-likeness (QED) is 0.373. The summed E-state index contributed by atoms with van der Waals surface area (Å²) in [5.74, 6) is 0. The van der Waals surface area contributed by atoms with Crippen molar-refractivity contribution in [2.45, 2.75) is 0 Å². The molecular weight excluding hydrogens is 164 g/mol. The Morgan fingerprint density at radius 3 is 1.43 bits per heavy atom. The van der Waals surface area contributed by atoms with Crippen LogP contribution in [0.3, 0.4) is 0 Å². The molecule has 0 aromatic carbocycles. The van der Waals surface area contributed by atoms with Crippen molar-refractivity contribution in [3.63, 3.8) is 0 Å². The molecule has 0 aliphatic rings. The first-order valence-corrected chi connectivity index (χ1v) is 2.25. The van der Waals surface area contributed by atoms with Crippen molar-refractivity contribution in [1.82, 2.24) is 0 Å². The van der Waals surface area contributed by atoms with Gasteiger partial charge in [-0.1, -0.05) is 0 Å². The van der Waals surface area contributed by atoms with Crippen molar-refractivity contribution in [2.24, 2.45) is 0 Å². The fourth-order valence-electron chi connectivity index (χ4n) is 0. The molecule has 0 aromatic rings. The van der Waals surface area contributed by atoms with E-state index in [1.807, 2.05) is 0 Å². The van der Waals surface area contributed by atoms with Gasteiger partial charge in [-0.25, -0.2) is 4.57 Å². The van der Waals surface area contributed by atoms with Gasteiger partial charge in [-0.15, -0.1) is 4.20 Å². The summed E-state index contributed by atoms with van der Waals surface area (Å²) in [7, 11) is -5.14. The molecule has 0 spiro atoms. The van der Waals surface area contributed by atoms with Crippen molar-refractivity contribution < 1.29 is 35.0 Å². The zero-order chi connectivity index (χ0) is 4.50. The molecule has 0 saturated carbocycles. The first-order chi connectivity index (χ1) is 2.00. The molecule has 0 unspecified atom stereocenters. The summed E-state index contributed by atoms with van der Waals surface area (Å²) in [4.78, 5) is 13.9. The molecular formula is H3FLiNiO3P. The minimum Gasteiger partial charge on any atom is 0 e. The molecule has 3 nitrogen and oxygen atoms in total. The van der Waals surface area contributed by atoms with Crippen LogP contribution in [0.4, 0.5) is 4.20 Å². The second-order valence-electron chi connectivity index (χ2n) is 0.473. The fraction of sp³-hybridized carbons (Fsp3) is 0. The van der Waals surface area contributed by atoms with E-state index in [0.717, 1.165) is 0 Å². The Labute approximate surface area is 62.1 Å². The molecule has 7 heteroatoms. The third-order valence-corrected chi connectivity index (χ3v) is 0. The molecule has 0 aliphatic heterocycles. The van der Waals surface area contributed by atoms with Gasteiger partial charge >= 0.3 is 26.8 Å². The zero-order valence-electron chi connectivity index (χ0n) is 2.44. The van der Waals surface area contributed by atoms with E-state index in [1.54, 1.807) is 0 Å². The third-order valence-electron chi connectivity index (χ3n) is 0. The molecule has 44 valence electrons. The van der Waals surface area contributed by atoms with Crippen molar-refractivity contribution >= 4 is 26.8 Å². The van der Waals surface area contributed by atoms with Gasteiger partial charge in [-0.05, 0) is 0 Å². The van der Waals surface area contributed by atoms with Crippen molar-refractivity contribution in [3.8, 4) is 0 Å². The zero-order valence-corrected chi connectivity index (χ0v) is 4.33. The van der Waals surface area contributed by atoms with Crippen LogP contribution in [-0.4, -0.2) is 28.6 Å². The van der Waals surface area contributed by atoms with Crippen LogP contribution in [0.1, 0.15) is 0 Å². The third kappa shape index (κ3) is 140. The fourth-order valence-corrected chi connectivity index (χ4v) is 0. The molecule has 2 N–H and O–H groups in total. The van der Waals surface area contributed by atoms with E-state index in [9.17, 15) is 4.20 Å². The summed E-state index contributed by atoms with van der Waals surface area (Å²) >= 11 is 0. The van der Waals surface area contributed by atoms with Gasteiger partial charge in [0.2, 0.25) is 0 Å². The van der Waals surface area contributed by atoms with E-state index in [4.69, 9.17) is 14.4 Å². The van der Waals surface area contributed by atoms with Crippen LogP contribution in [0.15, 0.2) is 0 Å². The Kier molecular flexibility index (Phi) is 11.9. The van der Waals surface area contributed by atoms with Gasteiger partial charge in [-0.3, -0.25) is 9.79 Å². The maximum Gasteiger partial charge on any atom is 0 e. The Hall–Kier alpha value is 1.17. The first kappa shape index (κ1) is 15.7. The average molecular weight is 167 g/mol. The molecule has 0 fully saturated rings. The largest absolute Gasteiger partial charge is 0 e. The minimum atomic E-state index is -5.14. The monoisotopic (exact) mass is 166 g/mol. The number of hydrogen-bond acceptors (Lipinski definition) is 1. The summed E-state index contributed by atoms with van der Waals surface area (Å²) in [6, 6.07) is 0. The van der Waals surface area contributed by atoms with E-state index >= 15 is 0 Å². The van der Waals surface area contributed by atoms with E-state index in [1.165, 1.54) is 0 Å². The van der Waals surface area contributed by atoms with E-state index < -0.39 is 7.91 Å². The predicted molar refractivity (Wildman–Crippen MR) is 20.3 cm³/mol. The Balaban J connectivity index is -0.0000000800. The van der Waals surface area contributed by atoms with Gasteiger partial charge in [0.25, 0.3) is 0 Å². The molecule has 0 rings (SSSR count). The van der Waals surface area contributed by atoms with Crippen LogP contribution in [-0.2, 0) is 21.1 Å². The summed E-state index contributed by atoms with van der Waals surface area (Å²) in [6.45, 7) is 0. The smallest absolute Gasteiger partial charge is 0 e. The Bertz CT molecular complexity index is 61.1. The van der Waals surface area contributed by atoms with E-state index in [-0.39, 0.29) is 35.4 Å². The molecule has 0 heterocycles. The standard InChI is InChI=1S/FH2O3P.Li.Ni.H/c1-5(2,3)4;;;/h(H2,2,3,4);;;. The molecule has 0 radical (unpaired) electrons. The van der Waals surface area contributed by atoms with E-state index in [2.05, 4.69) is 0 Å². The number of hydrogen-bond donors (Lipinski definition) is 2.